The zero-order chi connectivity index (χ0) is 19.2. The van der Waals surface area contributed by atoms with E-state index in [1.54, 1.807) is 25.3 Å². The molecule has 0 aliphatic heterocycles. The van der Waals surface area contributed by atoms with Gasteiger partial charge in [0, 0.05) is 12.0 Å². The van der Waals surface area contributed by atoms with Crippen molar-refractivity contribution in [1.29, 1.82) is 0 Å². The van der Waals surface area contributed by atoms with Gasteiger partial charge in [-0.1, -0.05) is 51.2 Å². The fraction of sp³-hybridized carbons (Fsp3) is 0.571. The van der Waals surface area contributed by atoms with Crippen LogP contribution in [0, 0.1) is 0 Å². The fourth-order valence-corrected chi connectivity index (χ4v) is 2.56. The third kappa shape index (κ3) is 9.02. The second-order valence-electron chi connectivity index (χ2n) is 6.39. The number of carbonyl (C=O) groups excluding carboxylic acids is 1. The van der Waals surface area contributed by atoms with Gasteiger partial charge in [0.1, 0.15) is 5.75 Å². The Balaban J connectivity index is 2.60. The molecule has 1 unspecified atom stereocenters. The van der Waals surface area contributed by atoms with Crippen molar-refractivity contribution < 1.29 is 24.5 Å². The van der Waals surface area contributed by atoms with Gasteiger partial charge in [-0.15, -0.1) is 0 Å². The summed E-state index contributed by atoms with van der Waals surface area (Å²) in [5, 5.41) is 18.8. The predicted molar refractivity (Wildman–Crippen MR) is 103 cm³/mol. The first-order valence-electron chi connectivity index (χ1n) is 9.41. The summed E-state index contributed by atoms with van der Waals surface area (Å²) < 4.78 is 10.5. The number of carbonyl (C=O) groups is 1. The Morgan fingerprint density at radius 2 is 1.77 bits per heavy atom. The zero-order valence-electron chi connectivity index (χ0n) is 15.9. The molecule has 1 rings (SSSR count). The van der Waals surface area contributed by atoms with Gasteiger partial charge in [-0.2, -0.15) is 0 Å². The number of hydrogen-bond acceptors (Lipinski definition) is 5. The second-order valence-corrected chi connectivity index (χ2v) is 6.39. The first-order chi connectivity index (χ1) is 12.6. The van der Waals surface area contributed by atoms with Gasteiger partial charge >= 0.3 is 5.97 Å². The number of hydrogen-bond donors (Lipinski definition) is 2. The molecule has 0 aromatic heterocycles. The van der Waals surface area contributed by atoms with Crippen molar-refractivity contribution in [2.75, 3.05) is 20.3 Å². The summed E-state index contributed by atoms with van der Waals surface area (Å²) in [5.41, 5.74) is 1.16. The van der Waals surface area contributed by atoms with Crippen LogP contribution in [0.2, 0.25) is 0 Å². The largest absolute Gasteiger partial charge is 0.497 e. The van der Waals surface area contributed by atoms with Crippen molar-refractivity contribution in [3.8, 4) is 5.75 Å². The second kappa shape index (κ2) is 13.4. The number of rotatable bonds is 13. The van der Waals surface area contributed by atoms with E-state index < -0.39 is 18.7 Å². The Morgan fingerprint density at radius 3 is 2.38 bits per heavy atom. The number of aliphatic hydroxyl groups excluding tert-OH is 2. The topological polar surface area (TPSA) is 76.0 Å². The monoisotopic (exact) mass is 364 g/mol. The Labute approximate surface area is 156 Å². The van der Waals surface area contributed by atoms with Crippen LogP contribution in [0.15, 0.2) is 29.8 Å². The molecule has 1 atom stereocenters. The van der Waals surface area contributed by atoms with Gasteiger partial charge in [0.2, 0.25) is 0 Å². The van der Waals surface area contributed by atoms with Crippen LogP contribution in [0.25, 0.3) is 6.08 Å². The number of methoxy groups -OCH3 is 1. The summed E-state index contributed by atoms with van der Waals surface area (Å²) in [6, 6.07) is 7.25. The van der Waals surface area contributed by atoms with Crippen molar-refractivity contribution in [3.63, 3.8) is 0 Å². The minimum absolute atomic E-state index is 0.0534. The molecule has 0 aliphatic rings. The molecule has 146 valence electrons. The average molecular weight is 364 g/mol. The molecule has 0 fully saturated rings. The van der Waals surface area contributed by atoms with Crippen molar-refractivity contribution in [2.24, 2.45) is 0 Å². The van der Waals surface area contributed by atoms with E-state index >= 15 is 0 Å². The molecule has 0 bridgehead atoms. The summed E-state index contributed by atoms with van der Waals surface area (Å²) in [7, 11) is 1.59. The van der Waals surface area contributed by atoms with Gasteiger partial charge in [-0.05, 0) is 30.2 Å². The lowest BCUT2D eigenvalue weighted by molar-refractivity contribution is -0.139. The smallest absolute Gasteiger partial charge is 0.334 e. The van der Waals surface area contributed by atoms with Crippen LogP contribution < -0.4 is 4.74 Å². The summed E-state index contributed by atoms with van der Waals surface area (Å²) in [6.45, 7) is 2.16. The minimum Gasteiger partial charge on any atom is -0.497 e. The highest BCUT2D eigenvalue weighted by Crippen LogP contribution is 2.17. The van der Waals surface area contributed by atoms with E-state index in [0.717, 1.165) is 30.6 Å². The molecular formula is C21H32O5. The maximum Gasteiger partial charge on any atom is 0.334 e. The molecule has 5 nitrogen and oxygen atoms in total. The Hall–Kier alpha value is -1.85. The lowest BCUT2D eigenvalue weighted by Gasteiger charge is -2.12. The normalized spacial score (nSPS) is 12.7. The lowest BCUT2D eigenvalue weighted by atomic mass is 10.0. The van der Waals surface area contributed by atoms with Crippen molar-refractivity contribution >= 4 is 12.0 Å². The van der Waals surface area contributed by atoms with E-state index in [1.165, 1.54) is 19.3 Å². The van der Waals surface area contributed by atoms with Gasteiger partial charge < -0.3 is 19.7 Å². The molecule has 5 heteroatoms. The molecule has 1 aromatic rings. The Morgan fingerprint density at radius 1 is 1.12 bits per heavy atom. The fourth-order valence-electron chi connectivity index (χ4n) is 2.56. The van der Waals surface area contributed by atoms with E-state index in [2.05, 4.69) is 6.92 Å². The number of esters is 1. The van der Waals surface area contributed by atoms with E-state index in [0.29, 0.717) is 12.2 Å². The standard InChI is InChI=1S/C21H32O5/c1-3-4-5-6-7-8-13-26-21(24)18(15-19(23)16-22)14-17-9-11-20(25-2)12-10-17/h9-12,14,19,22-23H,3-8,13,15-16H2,1-2H3. The van der Waals surface area contributed by atoms with E-state index in [9.17, 15) is 9.90 Å². The van der Waals surface area contributed by atoms with E-state index in [4.69, 9.17) is 14.6 Å². The quantitative estimate of drug-likeness (QED) is 0.317. The van der Waals surface area contributed by atoms with Crippen LogP contribution >= 0.6 is 0 Å². The molecule has 0 heterocycles. The summed E-state index contributed by atoms with van der Waals surface area (Å²) >= 11 is 0. The molecule has 0 saturated carbocycles. The van der Waals surface area contributed by atoms with Crippen LogP contribution in [0.4, 0.5) is 0 Å². The van der Waals surface area contributed by atoms with Gasteiger partial charge in [0.15, 0.2) is 0 Å². The molecule has 0 aliphatic carbocycles. The third-order valence-corrected chi connectivity index (χ3v) is 4.12. The third-order valence-electron chi connectivity index (χ3n) is 4.12. The van der Waals surface area contributed by atoms with Crippen molar-refractivity contribution in [3.05, 3.63) is 35.4 Å². The van der Waals surface area contributed by atoms with E-state index in [-0.39, 0.29) is 6.42 Å². The van der Waals surface area contributed by atoms with Crippen molar-refractivity contribution in [1.82, 2.24) is 0 Å². The average Bonchev–Trinajstić information content (AvgIpc) is 2.67. The maximum atomic E-state index is 12.3. The maximum absolute atomic E-state index is 12.3. The van der Waals surface area contributed by atoms with Gasteiger partial charge in [-0.3, -0.25) is 0 Å². The SMILES string of the molecule is CCCCCCCCOC(=O)C(=Cc1ccc(OC)cc1)CC(O)CO. The molecule has 0 saturated heterocycles. The van der Waals surface area contributed by atoms with Crippen LogP contribution in [-0.2, 0) is 9.53 Å². The summed E-state index contributed by atoms with van der Waals surface area (Å²) in [5.74, 6) is 0.284. The molecule has 1 aromatic carbocycles. The molecule has 0 spiro atoms. The summed E-state index contributed by atoms with van der Waals surface area (Å²) in [6.07, 6.45) is 7.47. The highest BCUT2D eigenvalue weighted by atomic mass is 16.5. The summed E-state index contributed by atoms with van der Waals surface area (Å²) in [4.78, 5) is 12.3. The van der Waals surface area contributed by atoms with Gasteiger partial charge in [-0.25, -0.2) is 4.79 Å². The molecular weight excluding hydrogens is 332 g/mol. The predicted octanol–water partition coefficient (Wildman–Crippen LogP) is 3.73. The Bertz CT molecular complexity index is 536. The van der Waals surface area contributed by atoms with Crippen LogP contribution in [0.5, 0.6) is 5.75 Å². The van der Waals surface area contributed by atoms with Crippen LogP contribution in [0.1, 0.15) is 57.4 Å². The molecule has 0 amide bonds. The number of aliphatic hydroxyl groups is 2. The van der Waals surface area contributed by atoms with Gasteiger partial charge in [0.25, 0.3) is 0 Å². The molecule has 2 N–H and O–H groups in total. The van der Waals surface area contributed by atoms with Crippen LogP contribution in [-0.4, -0.2) is 42.6 Å². The molecule has 26 heavy (non-hydrogen) atoms. The zero-order valence-corrected chi connectivity index (χ0v) is 15.9. The van der Waals surface area contributed by atoms with E-state index in [1.807, 2.05) is 12.1 Å². The minimum atomic E-state index is -0.985. The van der Waals surface area contributed by atoms with Crippen LogP contribution in [0.3, 0.4) is 0 Å². The molecule has 0 radical (unpaired) electrons. The highest BCUT2D eigenvalue weighted by Gasteiger charge is 2.16. The number of benzene rings is 1. The lowest BCUT2D eigenvalue weighted by Crippen LogP contribution is -2.18. The number of ether oxygens (including phenoxy) is 2. The first-order valence-corrected chi connectivity index (χ1v) is 9.41. The van der Waals surface area contributed by atoms with Crippen molar-refractivity contribution in [2.45, 2.75) is 58.0 Å². The number of unbranched alkanes of at least 4 members (excludes halogenated alkanes) is 5. The Kier molecular flexibility index (Phi) is 11.4. The first kappa shape index (κ1) is 22.2. The highest BCUT2D eigenvalue weighted by molar-refractivity contribution is 5.93. The van der Waals surface area contributed by atoms with Gasteiger partial charge in [0.05, 0.1) is 26.4 Å².